The number of anilines is 1. The molecule has 2 N–H and O–H groups in total. The van der Waals surface area contributed by atoms with Crippen LogP contribution in [0.5, 0.6) is 0 Å². The Bertz CT molecular complexity index is 3190. The van der Waals surface area contributed by atoms with Gasteiger partial charge in [-0.3, -0.25) is 5.32 Å². The van der Waals surface area contributed by atoms with Gasteiger partial charge in [0.2, 0.25) is 0 Å². The molecule has 1 atom stereocenters. The molecule has 3 nitrogen and oxygen atoms in total. The maximum absolute atomic E-state index is 4.27. The standard InChI is InChI=1S/C25H21N.C17H18N2S.C15H16.C7H8.C2H6/c1-17-8-3-4-9-20(17)23-16-19(15-14-18(23)2)26-24-12-6-5-10-21(24)22-11-7-13-25(22)26;1-12-8-9-16-15(10-12)18-11-19-17(13(2)20-16)14-6-4-3-5-7-14;1-11-8-9-13(3)15(10-11)14-7-5-4-6-12(14)2;1-7-5-3-2-4-6-7;1-2/h3-10,12-16H,11H2,1-2H3;3-10,17-19H,2,11H2,1H3;4-10H,1-3H3;2-6H,1H3;1-2H3. The van der Waals surface area contributed by atoms with E-state index in [9.17, 15) is 0 Å². The van der Waals surface area contributed by atoms with E-state index in [2.05, 4.69) is 246 Å². The molecule has 354 valence electrons. The minimum absolute atomic E-state index is 0.170. The molecule has 0 saturated heterocycles. The highest BCUT2D eigenvalue weighted by Crippen LogP contribution is 2.40. The Morgan fingerprint density at radius 1 is 0.514 bits per heavy atom. The zero-order valence-electron chi connectivity index (χ0n) is 42.6. The number of allylic oxidation sites excluding steroid dienone is 1. The second-order valence-electron chi connectivity index (χ2n) is 17.9. The molecule has 8 aromatic carbocycles. The van der Waals surface area contributed by atoms with Crippen molar-refractivity contribution >= 4 is 34.4 Å². The van der Waals surface area contributed by atoms with E-state index in [0.29, 0.717) is 0 Å². The summed E-state index contributed by atoms with van der Waals surface area (Å²) in [4.78, 5) is 2.37. The summed E-state index contributed by atoms with van der Waals surface area (Å²) >= 11 is 1.74. The van der Waals surface area contributed by atoms with Crippen LogP contribution < -0.4 is 10.6 Å². The van der Waals surface area contributed by atoms with Gasteiger partial charge in [-0.25, -0.2) is 0 Å². The van der Waals surface area contributed by atoms with Crippen molar-refractivity contribution in [3.05, 3.63) is 261 Å². The third-order valence-corrected chi connectivity index (χ3v) is 13.8. The maximum atomic E-state index is 4.27. The SMILES string of the molecule is C=C1Sc2ccc(C)cc2NCNC1c1ccccc1.CC.Cc1ccc(C)c(-c2ccccc2C)c1.Cc1ccccc1.Cc1ccccc1-c1cc(-n2c3c(c4ccccc42)CC=C3)ccc1C. The smallest absolute Gasteiger partial charge is 0.0660 e. The predicted octanol–water partition coefficient (Wildman–Crippen LogP) is 18.1. The predicted molar refractivity (Wildman–Crippen MR) is 307 cm³/mol. The van der Waals surface area contributed by atoms with Gasteiger partial charge < -0.3 is 9.88 Å². The van der Waals surface area contributed by atoms with Crippen molar-refractivity contribution < 1.29 is 0 Å². The summed E-state index contributed by atoms with van der Waals surface area (Å²) in [6, 6.07) is 66.8. The molecule has 2 aliphatic rings. The minimum atomic E-state index is 0.170. The maximum Gasteiger partial charge on any atom is 0.0660 e. The number of aromatic nitrogens is 1. The number of fused-ring (bicyclic) bond motifs is 4. The van der Waals surface area contributed by atoms with E-state index in [1.165, 1.54) is 105 Å². The van der Waals surface area contributed by atoms with Crippen LogP contribution in [-0.4, -0.2) is 11.2 Å². The molecule has 0 saturated carbocycles. The molecule has 2 heterocycles. The number of nitrogens with zero attached hydrogens (tertiary/aromatic N) is 1. The monoisotopic (exact) mass is 936 g/mol. The van der Waals surface area contributed by atoms with Gasteiger partial charge in [-0.2, -0.15) is 0 Å². The molecule has 1 unspecified atom stereocenters. The summed E-state index contributed by atoms with van der Waals surface area (Å²) in [5, 5.41) is 8.34. The molecule has 1 aromatic heterocycles. The second kappa shape index (κ2) is 24.4. The van der Waals surface area contributed by atoms with Gasteiger partial charge in [0.25, 0.3) is 0 Å². The first-order chi connectivity index (χ1) is 34.0. The summed E-state index contributed by atoms with van der Waals surface area (Å²) in [5.41, 5.74) is 22.3. The molecule has 0 bridgehead atoms. The van der Waals surface area contributed by atoms with E-state index >= 15 is 0 Å². The molecule has 9 aromatic rings. The number of benzene rings is 8. The number of hydrogen-bond acceptors (Lipinski definition) is 3. The Morgan fingerprint density at radius 3 is 1.70 bits per heavy atom. The van der Waals surface area contributed by atoms with Gasteiger partial charge in [-0.1, -0.05) is 207 Å². The van der Waals surface area contributed by atoms with E-state index in [1.54, 1.807) is 11.8 Å². The fraction of sp³-hybridized carbons (Fsp3) is 0.182. The molecule has 0 amide bonds. The topological polar surface area (TPSA) is 29.0 Å². The van der Waals surface area contributed by atoms with Crippen molar-refractivity contribution in [3.63, 3.8) is 0 Å². The van der Waals surface area contributed by atoms with Gasteiger partial charge in [0.15, 0.2) is 0 Å². The highest BCUT2D eigenvalue weighted by molar-refractivity contribution is 8.03. The van der Waals surface area contributed by atoms with Crippen LogP contribution in [0.2, 0.25) is 0 Å². The van der Waals surface area contributed by atoms with Gasteiger partial charge in [0.1, 0.15) is 0 Å². The van der Waals surface area contributed by atoms with E-state index in [4.69, 9.17) is 0 Å². The molecule has 1 aliphatic heterocycles. The number of nitrogens with one attached hydrogen (secondary N) is 2. The molecule has 11 rings (SSSR count). The Kier molecular flexibility index (Phi) is 17.7. The third kappa shape index (κ3) is 12.4. The number of aryl methyl sites for hydroxylation is 7. The molecule has 4 heteroatoms. The second-order valence-corrected chi connectivity index (χ2v) is 19.1. The molecule has 1 aliphatic carbocycles. The average Bonchev–Trinajstić information content (AvgIpc) is 3.98. The van der Waals surface area contributed by atoms with E-state index in [1.807, 2.05) is 38.1 Å². The first-order valence-electron chi connectivity index (χ1n) is 24.7. The van der Waals surface area contributed by atoms with E-state index in [-0.39, 0.29) is 6.04 Å². The van der Waals surface area contributed by atoms with Crippen molar-refractivity contribution in [2.24, 2.45) is 0 Å². The first-order valence-corrected chi connectivity index (χ1v) is 25.5. The Labute approximate surface area is 423 Å². The summed E-state index contributed by atoms with van der Waals surface area (Å²) in [5.74, 6) is 0. The van der Waals surface area contributed by atoms with Crippen LogP contribution in [0.15, 0.2) is 211 Å². The summed E-state index contributed by atoms with van der Waals surface area (Å²) < 4.78 is 2.41. The highest BCUT2D eigenvalue weighted by Gasteiger charge is 2.21. The minimum Gasteiger partial charge on any atom is -0.372 e. The normalized spacial score (nSPS) is 13.2. The fourth-order valence-corrected chi connectivity index (χ4v) is 10.0. The van der Waals surface area contributed by atoms with Gasteiger partial charge >= 0.3 is 0 Å². The lowest BCUT2D eigenvalue weighted by Gasteiger charge is -2.26. The number of hydrogen-bond donors (Lipinski definition) is 2. The summed E-state index contributed by atoms with van der Waals surface area (Å²) in [6.07, 6.45) is 5.56. The number of para-hydroxylation sites is 1. The average molecular weight is 936 g/mol. The summed E-state index contributed by atoms with van der Waals surface area (Å²) in [7, 11) is 0. The van der Waals surface area contributed by atoms with Gasteiger partial charge in [0, 0.05) is 26.6 Å². The molecular formula is C66H69N3S. The largest absolute Gasteiger partial charge is 0.372 e. The van der Waals surface area contributed by atoms with E-state index in [0.717, 1.165) is 18.0 Å². The lowest BCUT2D eigenvalue weighted by Crippen LogP contribution is -2.29. The van der Waals surface area contributed by atoms with Crippen molar-refractivity contribution in [3.8, 4) is 27.9 Å². The van der Waals surface area contributed by atoms with Gasteiger partial charge in [0.05, 0.1) is 23.9 Å². The third-order valence-electron chi connectivity index (χ3n) is 12.7. The van der Waals surface area contributed by atoms with Crippen LogP contribution in [0.1, 0.15) is 75.7 Å². The fourth-order valence-electron chi connectivity index (χ4n) is 9.02. The zero-order chi connectivity index (χ0) is 49.6. The number of thioether (sulfide) groups is 1. The molecule has 0 fully saturated rings. The van der Waals surface area contributed by atoms with Gasteiger partial charge in [-0.15, -0.1) is 0 Å². The Hall–Kier alpha value is -7.11. The van der Waals surface area contributed by atoms with Crippen LogP contribution in [0, 0.1) is 48.5 Å². The van der Waals surface area contributed by atoms with Crippen LogP contribution in [0.4, 0.5) is 5.69 Å². The molecular weight excluding hydrogens is 867 g/mol. The Balaban J connectivity index is 0.000000146. The first kappa shape index (κ1) is 50.8. The molecule has 0 spiro atoms. The lowest BCUT2D eigenvalue weighted by atomic mass is 9.95. The van der Waals surface area contributed by atoms with Crippen LogP contribution in [-0.2, 0) is 6.42 Å². The van der Waals surface area contributed by atoms with Crippen LogP contribution in [0.25, 0.3) is 44.9 Å². The van der Waals surface area contributed by atoms with Crippen LogP contribution >= 0.6 is 11.8 Å². The molecule has 0 radical (unpaired) electrons. The van der Waals surface area contributed by atoms with Crippen LogP contribution in [0.3, 0.4) is 0 Å². The zero-order valence-corrected chi connectivity index (χ0v) is 43.4. The number of rotatable bonds is 4. The quantitative estimate of drug-likeness (QED) is 0.184. The summed E-state index contributed by atoms with van der Waals surface area (Å²) in [6.45, 7) is 24.1. The Morgan fingerprint density at radius 2 is 1.06 bits per heavy atom. The van der Waals surface area contributed by atoms with Crippen molar-refractivity contribution in [1.82, 2.24) is 9.88 Å². The van der Waals surface area contributed by atoms with Crippen molar-refractivity contribution in [1.29, 1.82) is 0 Å². The van der Waals surface area contributed by atoms with Crippen molar-refractivity contribution in [2.75, 3.05) is 12.0 Å². The van der Waals surface area contributed by atoms with Crippen molar-refractivity contribution in [2.45, 2.75) is 79.7 Å². The highest BCUT2D eigenvalue weighted by atomic mass is 32.2. The molecule has 70 heavy (non-hydrogen) atoms. The lowest BCUT2D eigenvalue weighted by molar-refractivity contribution is 0.645. The van der Waals surface area contributed by atoms with Gasteiger partial charge in [-0.05, 0) is 152 Å². The van der Waals surface area contributed by atoms with E-state index < -0.39 is 0 Å².